The molecule has 0 aromatic heterocycles. The average Bonchev–Trinajstić information content (AvgIpc) is 3.10. The van der Waals surface area contributed by atoms with E-state index < -0.39 is 95.1 Å². The normalized spacial score (nSPS) is 21.8. The molecule has 4 atom stereocenters. The van der Waals surface area contributed by atoms with Crippen molar-refractivity contribution in [3.05, 3.63) is 34.1 Å². The van der Waals surface area contributed by atoms with Gasteiger partial charge >= 0.3 is 12.1 Å². The van der Waals surface area contributed by atoms with Crippen LogP contribution < -0.4 is 16.0 Å². The first-order chi connectivity index (χ1) is 25.9. The van der Waals surface area contributed by atoms with Gasteiger partial charge in [-0.1, -0.05) is 39.5 Å². The summed E-state index contributed by atoms with van der Waals surface area (Å²) in [6, 6.07) is 0.252. The molecule has 1 aromatic rings. The Labute approximate surface area is 319 Å². The Morgan fingerprint density at radius 1 is 0.982 bits per heavy atom. The first-order valence-electron chi connectivity index (χ1n) is 18.5. The molecule has 7 N–H and O–H groups in total. The van der Waals surface area contributed by atoms with Crippen molar-refractivity contribution in [2.24, 2.45) is 17.6 Å². The monoisotopic (exact) mass is 771 g/mol. The molecule has 17 nitrogen and oxygen atoms in total. The molecule has 1 saturated carbocycles. The molecular weight excluding hydrogens is 718 g/mol. The summed E-state index contributed by atoms with van der Waals surface area (Å²) in [7, 11) is 6.42. The number of anilines is 2. The van der Waals surface area contributed by atoms with Crippen molar-refractivity contribution < 1.29 is 58.7 Å². The van der Waals surface area contributed by atoms with Gasteiger partial charge in [-0.05, 0) is 57.3 Å². The van der Waals surface area contributed by atoms with Crippen molar-refractivity contribution in [1.29, 1.82) is 0 Å². The van der Waals surface area contributed by atoms with Crippen molar-refractivity contribution in [1.82, 2.24) is 9.80 Å². The van der Waals surface area contributed by atoms with Crippen LogP contribution >= 0.6 is 0 Å². The number of phenolic OH excluding ortho intramolecular Hbond substituents is 1. The van der Waals surface area contributed by atoms with Gasteiger partial charge in [-0.2, -0.15) is 0 Å². The summed E-state index contributed by atoms with van der Waals surface area (Å²) in [6.45, 7) is 2.93. The Hall–Kier alpha value is -5.16. The molecule has 17 heteroatoms. The Morgan fingerprint density at radius 3 is 2.25 bits per heavy atom. The maximum Gasteiger partial charge on any atom is 0.413 e. The molecule has 1 fully saturated rings. The van der Waals surface area contributed by atoms with Gasteiger partial charge in [0.15, 0.2) is 11.4 Å². The number of rotatable bonds is 16. The summed E-state index contributed by atoms with van der Waals surface area (Å²) in [5, 5.41) is 48.9. The van der Waals surface area contributed by atoms with Crippen LogP contribution in [0.4, 0.5) is 16.2 Å². The Kier molecular flexibility index (Phi) is 13.6. The summed E-state index contributed by atoms with van der Waals surface area (Å²) >= 11 is 0. The maximum absolute atomic E-state index is 14.3. The number of phenols is 1. The minimum Gasteiger partial charge on any atom is -0.508 e. The molecule has 3 aliphatic rings. The highest BCUT2D eigenvalue weighted by atomic mass is 16.7. The van der Waals surface area contributed by atoms with Gasteiger partial charge < -0.3 is 45.9 Å². The first kappa shape index (κ1) is 42.6. The summed E-state index contributed by atoms with van der Waals surface area (Å²) in [4.78, 5) is 82.5. The van der Waals surface area contributed by atoms with E-state index >= 15 is 0 Å². The molecule has 3 amide bonds. The number of aliphatic hydroxyl groups excluding tert-OH is 2. The van der Waals surface area contributed by atoms with Crippen LogP contribution in [0.1, 0.15) is 76.3 Å². The molecular formula is C38H53N5O12. The molecule has 0 unspecified atom stereocenters. The number of nitrogens with zero attached hydrogens (tertiary/aromatic N) is 3. The van der Waals surface area contributed by atoms with E-state index in [1.54, 1.807) is 19.0 Å². The highest BCUT2D eigenvalue weighted by molar-refractivity contribution is 6.24. The number of hydrogen-bond acceptors (Lipinski definition) is 14. The molecule has 302 valence electrons. The minimum absolute atomic E-state index is 0.0454. The van der Waals surface area contributed by atoms with E-state index in [4.69, 9.17) is 15.2 Å². The van der Waals surface area contributed by atoms with Gasteiger partial charge in [-0.25, -0.2) is 4.79 Å². The molecule has 3 aliphatic carbocycles. The van der Waals surface area contributed by atoms with Crippen LogP contribution in [0.5, 0.6) is 5.75 Å². The van der Waals surface area contributed by atoms with Crippen molar-refractivity contribution in [3.8, 4) is 5.75 Å². The number of amides is 3. The van der Waals surface area contributed by atoms with Crippen LogP contribution in [-0.2, 0) is 39.9 Å². The lowest BCUT2D eigenvalue weighted by atomic mass is 9.57. The van der Waals surface area contributed by atoms with Crippen LogP contribution in [0.3, 0.4) is 0 Å². The number of fused-ring (bicyclic) bond motifs is 3. The number of Topliss-reactive ketones (excluding diaryl/α,β-unsaturated/α-hetero) is 2. The van der Waals surface area contributed by atoms with E-state index in [2.05, 4.69) is 12.2 Å². The summed E-state index contributed by atoms with van der Waals surface area (Å²) in [5.41, 5.74) is 1.81. The number of unbranched alkanes of at least 4 members (excludes halogenated alkanes) is 4. The van der Waals surface area contributed by atoms with Crippen molar-refractivity contribution in [3.63, 3.8) is 0 Å². The second-order valence-corrected chi connectivity index (χ2v) is 14.7. The molecule has 4 rings (SSSR count). The van der Waals surface area contributed by atoms with E-state index in [1.165, 1.54) is 25.1 Å². The number of nitrogens with two attached hydrogens (primary N) is 1. The van der Waals surface area contributed by atoms with Gasteiger partial charge in [0.05, 0.1) is 17.3 Å². The van der Waals surface area contributed by atoms with Crippen LogP contribution in [0, 0.1) is 11.8 Å². The Bertz CT molecular complexity index is 1790. The van der Waals surface area contributed by atoms with Gasteiger partial charge in [0.2, 0.25) is 18.5 Å². The predicted molar refractivity (Wildman–Crippen MR) is 200 cm³/mol. The number of ketones is 2. The topological polar surface area (TPSA) is 250 Å². The standard InChI is InChI=1S/C38H53N5O12/c1-7-9-11-12-13-26(45)54-19-55-37(52)43(14-10-8-2)18-25(44)40-23-17-24(41(3)4)21-15-20-16-22-30(42(5)6)33(48)29(36(39)51)35(50)38(22,53)34(49)27(20)32(47)28(21)31(23)46/h17,20,22,30,46-47,50,53H,7-16,18-19H2,1-6H3,(H2,39,51)(H,40,44)/t20-,22-,30-,38-/m0/s1. The second-order valence-electron chi connectivity index (χ2n) is 14.7. The number of hydrogen-bond donors (Lipinski definition) is 6. The lowest BCUT2D eigenvalue weighted by Gasteiger charge is -2.50. The number of likely N-dealkylation sites (N-methyl/N-ethyl adjacent to an activating group) is 1. The van der Waals surface area contributed by atoms with Crippen molar-refractivity contribution in [2.45, 2.75) is 83.3 Å². The zero-order valence-electron chi connectivity index (χ0n) is 32.3. The van der Waals surface area contributed by atoms with Crippen LogP contribution in [0.15, 0.2) is 23.0 Å². The summed E-state index contributed by atoms with van der Waals surface area (Å²) in [6.07, 6.45) is 3.99. The molecule has 1 aromatic carbocycles. The summed E-state index contributed by atoms with van der Waals surface area (Å²) < 4.78 is 10.1. The third-order valence-corrected chi connectivity index (χ3v) is 10.5. The number of nitrogens with one attached hydrogen (secondary N) is 1. The fraction of sp³-hybridized carbons (Fsp3) is 0.579. The third kappa shape index (κ3) is 8.42. The molecule has 0 aliphatic heterocycles. The predicted octanol–water partition coefficient (Wildman–Crippen LogP) is 2.68. The van der Waals surface area contributed by atoms with Crippen molar-refractivity contribution >= 4 is 52.6 Å². The first-order valence-corrected chi connectivity index (χ1v) is 18.5. The van der Waals surface area contributed by atoms with E-state index in [1.807, 2.05) is 6.92 Å². The minimum atomic E-state index is -2.81. The number of carbonyl (C=O) groups is 6. The number of primary amides is 1. The maximum atomic E-state index is 14.3. The fourth-order valence-electron chi connectivity index (χ4n) is 7.74. The second kappa shape index (κ2) is 17.5. The van der Waals surface area contributed by atoms with Gasteiger partial charge in [0.1, 0.15) is 29.4 Å². The lowest BCUT2D eigenvalue weighted by molar-refractivity contribution is -0.154. The number of carbonyl (C=O) groups excluding carboxylic acids is 6. The smallest absolute Gasteiger partial charge is 0.413 e. The van der Waals surface area contributed by atoms with Gasteiger partial charge in [0.25, 0.3) is 5.91 Å². The van der Waals surface area contributed by atoms with E-state index in [-0.39, 0.29) is 42.6 Å². The molecule has 0 bridgehead atoms. The zero-order chi connectivity index (χ0) is 40.9. The number of aliphatic hydroxyl groups is 3. The van der Waals surface area contributed by atoms with E-state index in [0.29, 0.717) is 30.5 Å². The third-order valence-electron chi connectivity index (χ3n) is 10.5. The zero-order valence-corrected chi connectivity index (χ0v) is 32.3. The van der Waals surface area contributed by atoms with Crippen LogP contribution in [0.25, 0.3) is 5.76 Å². The van der Waals surface area contributed by atoms with E-state index in [9.17, 15) is 49.2 Å². The Balaban J connectivity index is 1.64. The Morgan fingerprint density at radius 2 is 1.65 bits per heavy atom. The van der Waals surface area contributed by atoms with Gasteiger partial charge in [-0.15, -0.1) is 0 Å². The summed E-state index contributed by atoms with van der Waals surface area (Å²) in [5.74, 6) is -9.17. The van der Waals surface area contributed by atoms with Crippen LogP contribution in [-0.4, -0.2) is 125 Å². The molecule has 0 saturated heterocycles. The van der Waals surface area contributed by atoms with E-state index in [0.717, 1.165) is 24.2 Å². The number of aromatic hydroxyl groups is 1. The lowest BCUT2D eigenvalue weighted by Crippen LogP contribution is -2.65. The average molecular weight is 772 g/mol. The molecule has 55 heavy (non-hydrogen) atoms. The molecule has 0 radical (unpaired) electrons. The van der Waals surface area contributed by atoms with Crippen LogP contribution in [0.2, 0.25) is 0 Å². The number of esters is 1. The SMILES string of the molecule is CCCCCCC(=O)OCOC(=O)N(CCCC)CC(=O)Nc1cc(N(C)C)c2c(c1O)C(O)=C1C(=O)[C@]3(O)C(O)=C(C(N)=O)C(=O)[C@@H](N(C)C)[C@@H]3C[C@@H]1C2. The molecule has 0 heterocycles. The largest absolute Gasteiger partial charge is 0.508 e. The highest BCUT2D eigenvalue weighted by Crippen LogP contribution is 2.54. The quantitative estimate of drug-likeness (QED) is 0.0465. The number of ether oxygens (including phenoxy) is 2. The van der Waals surface area contributed by atoms with Gasteiger partial charge in [-0.3, -0.25) is 33.8 Å². The van der Waals surface area contributed by atoms with Crippen molar-refractivity contribution in [2.75, 3.05) is 58.3 Å². The highest BCUT2D eigenvalue weighted by Gasteiger charge is 2.64. The molecule has 0 spiro atoms. The van der Waals surface area contributed by atoms with Gasteiger partial charge in [0, 0.05) is 44.2 Å². The fourth-order valence-corrected chi connectivity index (χ4v) is 7.74. The number of benzene rings is 1.